The highest BCUT2D eigenvalue weighted by Gasteiger charge is 2.47. The summed E-state index contributed by atoms with van der Waals surface area (Å²) in [6, 6.07) is 82.8. The molecule has 2 nitrogen and oxygen atoms in total. The molecule has 1 unspecified atom stereocenters. The molecule has 0 heterocycles. The van der Waals surface area contributed by atoms with E-state index < -0.39 is 5.41 Å². The van der Waals surface area contributed by atoms with Crippen LogP contribution < -0.4 is 9.80 Å². The maximum Gasteiger partial charge on any atom is 0.0715 e. The van der Waals surface area contributed by atoms with Gasteiger partial charge in [0, 0.05) is 28.1 Å². The van der Waals surface area contributed by atoms with Crippen LogP contribution in [0, 0.1) is 0 Å². The summed E-state index contributed by atoms with van der Waals surface area (Å²) in [7, 11) is 0. The standard InChI is InChI=1S/C57H42N2/c1-5-23-43(24-6-1)57(44-25-7-2-8-26-44)53-39-47(58(45-27-9-3-10-28-45)55-33-17-21-41-19-13-15-31-49(41)55)35-37-51(53)52-38-36-48(40-54(52)57)59(46-29-11-4-12-30-46)56-34-18-22-42-20-14-16-32-50(42)56/h1-33,35-40,56H,34H2. The minimum atomic E-state index is -0.604. The van der Waals surface area contributed by atoms with Gasteiger partial charge in [0.05, 0.1) is 17.1 Å². The van der Waals surface area contributed by atoms with E-state index in [2.05, 4.69) is 246 Å². The average molecular weight is 755 g/mol. The highest BCUT2D eigenvalue weighted by molar-refractivity contribution is 6.00. The van der Waals surface area contributed by atoms with E-state index in [1.807, 2.05) is 0 Å². The lowest BCUT2D eigenvalue weighted by Gasteiger charge is -2.38. The fourth-order valence-corrected chi connectivity index (χ4v) is 9.92. The van der Waals surface area contributed by atoms with Gasteiger partial charge in [-0.1, -0.05) is 182 Å². The Labute approximate surface area is 346 Å². The molecule has 9 aromatic rings. The SMILES string of the molecule is C1=Cc2ccccc2C(N(c2ccccc2)c2ccc3c(c2)C(c2ccccc2)(c2ccccc2)c2cc(N(c4ccccc4)c4cccc5ccccc45)ccc2-3)C1. The second-order valence-corrected chi connectivity index (χ2v) is 15.6. The van der Waals surface area contributed by atoms with Gasteiger partial charge in [-0.2, -0.15) is 0 Å². The van der Waals surface area contributed by atoms with Crippen molar-refractivity contribution in [3.05, 3.63) is 264 Å². The number of hydrogen-bond acceptors (Lipinski definition) is 2. The summed E-state index contributed by atoms with van der Waals surface area (Å²) in [5, 5.41) is 2.43. The Morgan fingerprint density at radius 1 is 0.424 bits per heavy atom. The van der Waals surface area contributed by atoms with Gasteiger partial charge in [0.2, 0.25) is 0 Å². The molecule has 9 aromatic carbocycles. The van der Waals surface area contributed by atoms with Gasteiger partial charge in [-0.15, -0.1) is 0 Å². The van der Waals surface area contributed by atoms with E-state index in [0.717, 1.165) is 23.5 Å². The molecule has 0 saturated carbocycles. The lowest BCUT2D eigenvalue weighted by molar-refractivity contribution is 0.700. The highest BCUT2D eigenvalue weighted by Crippen LogP contribution is 2.58. The summed E-state index contributed by atoms with van der Waals surface area (Å²) in [4.78, 5) is 5.00. The van der Waals surface area contributed by atoms with E-state index in [4.69, 9.17) is 0 Å². The summed E-state index contributed by atoms with van der Waals surface area (Å²) >= 11 is 0. The zero-order valence-corrected chi connectivity index (χ0v) is 32.7. The number of anilines is 5. The lowest BCUT2D eigenvalue weighted by Crippen LogP contribution is -2.30. The van der Waals surface area contributed by atoms with E-state index in [1.54, 1.807) is 0 Å². The first-order valence-corrected chi connectivity index (χ1v) is 20.6. The molecule has 0 N–H and O–H groups in total. The monoisotopic (exact) mass is 754 g/mol. The van der Waals surface area contributed by atoms with Crippen LogP contribution in [0.15, 0.2) is 231 Å². The van der Waals surface area contributed by atoms with Crippen molar-refractivity contribution in [1.82, 2.24) is 0 Å². The highest BCUT2D eigenvalue weighted by atomic mass is 15.2. The first-order chi connectivity index (χ1) is 29.3. The van der Waals surface area contributed by atoms with Crippen molar-refractivity contribution in [3.8, 4) is 11.1 Å². The van der Waals surface area contributed by atoms with E-state index in [1.165, 1.54) is 66.7 Å². The first-order valence-electron chi connectivity index (χ1n) is 20.6. The van der Waals surface area contributed by atoms with E-state index >= 15 is 0 Å². The third kappa shape index (κ3) is 5.71. The molecule has 0 spiro atoms. The third-order valence-corrected chi connectivity index (χ3v) is 12.4. The molecule has 2 heteroatoms. The Morgan fingerprint density at radius 2 is 0.966 bits per heavy atom. The van der Waals surface area contributed by atoms with Gasteiger partial charge in [0.1, 0.15) is 0 Å². The molecular formula is C57H42N2. The van der Waals surface area contributed by atoms with Crippen LogP contribution >= 0.6 is 0 Å². The van der Waals surface area contributed by atoms with Gasteiger partial charge in [-0.05, 0) is 111 Å². The predicted molar refractivity (Wildman–Crippen MR) is 247 cm³/mol. The largest absolute Gasteiger partial charge is 0.334 e. The molecule has 0 saturated heterocycles. The van der Waals surface area contributed by atoms with Crippen LogP contribution in [-0.2, 0) is 5.41 Å². The Hall–Kier alpha value is -7.42. The summed E-state index contributed by atoms with van der Waals surface area (Å²) in [5.74, 6) is 0. The topological polar surface area (TPSA) is 6.48 Å². The molecule has 1 atom stereocenters. The number of rotatable bonds is 8. The van der Waals surface area contributed by atoms with Crippen molar-refractivity contribution < 1.29 is 0 Å². The Bertz CT molecular complexity index is 2930. The summed E-state index contributed by atoms with van der Waals surface area (Å²) in [5.41, 5.74) is 15.3. The first kappa shape index (κ1) is 34.8. The van der Waals surface area contributed by atoms with Crippen LogP contribution in [0.2, 0.25) is 0 Å². The molecule has 0 aliphatic heterocycles. The quantitative estimate of drug-likeness (QED) is 0.152. The summed E-state index contributed by atoms with van der Waals surface area (Å²) in [6.07, 6.45) is 5.53. The van der Waals surface area contributed by atoms with E-state index in [0.29, 0.717) is 0 Å². The molecule has 0 bridgehead atoms. The number of fused-ring (bicyclic) bond motifs is 5. The normalized spacial score (nSPS) is 14.6. The van der Waals surface area contributed by atoms with Crippen LogP contribution in [0.1, 0.15) is 45.8 Å². The second kappa shape index (κ2) is 14.5. The molecule has 2 aliphatic carbocycles. The molecule has 0 amide bonds. The van der Waals surface area contributed by atoms with Gasteiger partial charge in [0.25, 0.3) is 0 Å². The zero-order chi connectivity index (χ0) is 39.2. The maximum absolute atomic E-state index is 2.56. The molecule has 59 heavy (non-hydrogen) atoms. The van der Waals surface area contributed by atoms with Crippen molar-refractivity contribution in [2.75, 3.05) is 9.80 Å². The number of para-hydroxylation sites is 2. The molecule has 0 fully saturated rings. The summed E-state index contributed by atoms with van der Waals surface area (Å²) < 4.78 is 0. The van der Waals surface area contributed by atoms with Gasteiger partial charge < -0.3 is 9.80 Å². The second-order valence-electron chi connectivity index (χ2n) is 15.6. The maximum atomic E-state index is 2.56. The van der Waals surface area contributed by atoms with Crippen molar-refractivity contribution >= 4 is 45.3 Å². The fourth-order valence-electron chi connectivity index (χ4n) is 9.92. The van der Waals surface area contributed by atoms with Crippen LogP contribution in [-0.4, -0.2) is 0 Å². The van der Waals surface area contributed by atoms with Gasteiger partial charge in [0.15, 0.2) is 0 Å². The van der Waals surface area contributed by atoms with Crippen molar-refractivity contribution in [3.63, 3.8) is 0 Å². The van der Waals surface area contributed by atoms with Crippen LogP contribution in [0.4, 0.5) is 28.4 Å². The number of benzene rings is 9. The summed E-state index contributed by atoms with van der Waals surface area (Å²) in [6.45, 7) is 0. The molecule has 2 aliphatic rings. The molecular weight excluding hydrogens is 713 g/mol. The lowest BCUT2D eigenvalue weighted by atomic mass is 9.67. The minimum absolute atomic E-state index is 0.134. The van der Waals surface area contributed by atoms with Gasteiger partial charge in [-0.25, -0.2) is 0 Å². The molecule has 0 aromatic heterocycles. The van der Waals surface area contributed by atoms with Crippen LogP contribution in [0.3, 0.4) is 0 Å². The Kier molecular flexibility index (Phi) is 8.56. The van der Waals surface area contributed by atoms with Crippen LogP contribution in [0.5, 0.6) is 0 Å². The third-order valence-electron chi connectivity index (χ3n) is 12.4. The predicted octanol–water partition coefficient (Wildman–Crippen LogP) is 15.0. The van der Waals surface area contributed by atoms with Gasteiger partial charge in [-0.3, -0.25) is 0 Å². The Balaban J connectivity index is 1.18. The van der Waals surface area contributed by atoms with E-state index in [9.17, 15) is 0 Å². The van der Waals surface area contributed by atoms with Crippen molar-refractivity contribution in [2.24, 2.45) is 0 Å². The number of hydrogen-bond donors (Lipinski definition) is 0. The van der Waals surface area contributed by atoms with E-state index in [-0.39, 0.29) is 6.04 Å². The fraction of sp³-hybridized carbons (Fsp3) is 0.0526. The van der Waals surface area contributed by atoms with Gasteiger partial charge >= 0.3 is 0 Å². The smallest absolute Gasteiger partial charge is 0.0715 e. The molecule has 11 rings (SSSR count). The Morgan fingerprint density at radius 3 is 1.66 bits per heavy atom. The minimum Gasteiger partial charge on any atom is -0.334 e. The van der Waals surface area contributed by atoms with Crippen molar-refractivity contribution in [1.29, 1.82) is 0 Å². The average Bonchev–Trinajstić information content (AvgIpc) is 3.60. The van der Waals surface area contributed by atoms with Crippen molar-refractivity contribution in [2.45, 2.75) is 17.9 Å². The van der Waals surface area contributed by atoms with Crippen LogP contribution in [0.25, 0.3) is 28.0 Å². The number of nitrogens with zero attached hydrogens (tertiary/aromatic N) is 2. The zero-order valence-electron chi connectivity index (χ0n) is 32.7. The molecule has 0 radical (unpaired) electrons. The molecule has 280 valence electrons.